The summed E-state index contributed by atoms with van der Waals surface area (Å²) in [4.78, 5) is 18.9. The van der Waals surface area contributed by atoms with Gasteiger partial charge in [-0.05, 0) is 24.6 Å². The molecule has 0 aliphatic heterocycles. The first kappa shape index (κ1) is 21.5. The maximum Gasteiger partial charge on any atom is 0.321 e. The summed E-state index contributed by atoms with van der Waals surface area (Å²) in [7, 11) is 4.83. The molecule has 1 unspecified atom stereocenters. The highest BCUT2D eigenvalue weighted by Gasteiger charge is 2.15. The van der Waals surface area contributed by atoms with Gasteiger partial charge in [-0.2, -0.15) is 15.0 Å². The summed E-state index contributed by atoms with van der Waals surface area (Å²) in [5, 5.41) is 18.7. The van der Waals surface area contributed by atoms with E-state index in [1.165, 1.54) is 7.11 Å². The number of hydrogen-bond donors (Lipinski definition) is 2. The molecule has 1 aromatic carbocycles. The number of rotatable bonds is 9. The van der Waals surface area contributed by atoms with Crippen LogP contribution in [-0.2, 0) is 6.42 Å². The van der Waals surface area contributed by atoms with Crippen LogP contribution in [0.15, 0.2) is 30.7 Å². The van der Waals surface area contributed by atoms with Gasteiger partial charge in [0.1, 0.15) is 11.6 Å². The highest BCUT2D eigenvalue weighted by Crippen LogP contribution is 2.25. The molecule has 0 amide bonds. The zero-order chi connectivity index (χ0) is 21.7. The number of nitrogens with zero attached hydrogens (tertiary/aromatic N) is 6. The molecule has 0 saturated heterocycles. The fourth-order valence-electron chi connectivity index (χ4n) is 2.96. The van der Waals surface area contributed by atoms with Gasteiger partial charge in [-0.1, -0.05) is 6.07 Å². The third-order valence-corrected chi connectivity index (χ3v) is 4.46. The Kier molecular flexibility index (Phi) is 6.80. The Hall–Kier alpha value is -3.24. The lowest BCUT2D eigenvalue weighted by molar-refractivity contribution is 0.100. The van der Waals surface area contributed by atoms with Gasteiger partial charge in [0.2, 0.25) is 5.95 Å². The number of ether oxygens (including phenoxy) is 2. The summed E-state index contributed by atoms with van der Waals surface area (Å²) in [6, 6.07) is 6.04. The predicted octanol–water partition coefficient (Wildman–Crippen LogP) is 0.763. The minimum Gasteiger partial charge on any atom is -0.495 e. The van der Waals surface area contributed by atoms with Crippen LogP contribution in [0.3, 0.4) is 0 Å². The van der Waals surface area contributed by atoms with Crippen molar-refractivity contribution in [2.75, 3.05) is 39.3 Å². The van der Waals surface area contributed by atoms with Gasteiger partial charge < -0.3 is 29.2 Å². The minimum atomic E-state index is -0.898. The summed E-state index contributed by atoms with van der Waals surface area (Å²) in [5.41, 5.74) is 2.75. The average Bonchev–Trinajstić information content (AvgIpc) is 3.19. The molecule has 0 fully saturated rings. The van der Waals surface area contributed by atoms with Gasteiger partial charge in [-0.25, -0.2) is 4.98 Å². The molecule has 3 aromatic rings. The molecule has 2 N–H and O–H groups in total. The maximum absolute atomic E-state index is 9.69. The second-order valence-electron chi connectivity index (χ2n) is 6.86. The summed E-state index contributed by atoms with van der Waals surface area (Å²) < 4.78 is 12.7. The number of imidazole rings is 1. The molecule has 1 atom stereocenters. The largest absolute Gasteiger partial charge is 0.495 e. The van der Waals surface area contributed by atoms with Gasteiger partial charge in [0.25, 0.3) is 0 Å². The molecular weight excluding hydrogens is 388 g/mol. The predicted molar refractivity (Wildman–Crippen MR) is 110 cm³/mol. The maximum atomic E-state index is 9.69. The zero-order valence-electron chi connectivity index (χ0n) is 17.5. The van der Waals surface area contributed by atoms with Gasteiger partial charge >= 0.3 is 6.01 Å². The quantitative estimate of drug-likeness (QED) is 0.523. The summed E-state index contributed by atoms with van der Waals surface area (Å²) in [6.45, 7) is 1.76. The van der Waals surface area contributed by atoms with Gasteiger partial charge in [-0.3, -0.25) is 0 Å². The van der Waals surface area contributed by atoms with E-state index in [0.29, 0.717) is 23.9 Å². The van der Waals surface area contributed by atoms with Gasteiger partial charge in [-0.15, -0.1) is 0 Å². The number of anilines is 1. The monoisotopic (exact) mass is 414 g/mol. The topological polar surface area (TPSA) is 119 Å². The number of likely N-dealkylation sites (N-methyl/N-ethyl adjacent to an activating group) is 1. The molecule has 0 aliphatic carbocycles. The van der Waals surface area contributed by atoms with Crippen LogP contribution in [-0.4, -0.2) is 75.2 Å². The Bertz CT molecular complexity index is 993. The van der Waals surface area contributed by atoms with E-state index in [1.807, 2.05) is 35.9 Å². The van der Waals surface area contributed by atoms with E-state index in [9.17, 15) is 5.11 Å². The number of aliphatic hydroxyl groups excluding tert-OH is 2. The highest BCUT2D eigenvalue weighted by atomic mass is 16.5. The standard InChI is InChI=1S/C20H26N6O4/c1-13-9-26(12-21-13)16-6-5-14(7-17(16)29-3)8-18-22-19(24-20(23-18)30-4)25(2)10-15(28)11-27/h5-7,9,12,15,27-28H,8,10-11H2,1-4H3. The molecule has 2 aromatic heterocycles. The van der Waals surface area contributed by atoms with Crippen LogP contribution in [0.5, 0.6) is 11.8 Å². The SMILES string of the molecule is COc1nc(Cc2ccc(-n3cnc(C)c3)c(OC)c2)nc(N(C)CC(O)CO)n1. The second-order valence-corrected chi connectivity index (χ2v) is 6.86. The number of benzene rings is 1. The van der Waals surface area contributed by atoms with E-state index < -0.39 is 6.10 Å². The molecule has 3 rings (SSSR count). The molecule has 0 spiro atoms. The molecule has 2 heterocycles. The van der Waals surface area contributed by atoms with E-state index in [-0.39, 0.29) is 19.2 Å². The molecule has 30 heavy (non-hydrogen) atoms. The van der Waals surface area contributed by atoms with E-state index in [1.54, 1.807) is 25.4 Å². The number of aryl methyl sites for hydroxylation is 1. The van der Waals surface area contributed by atoms with E-state index in [2.05, 4.69) is 19.9 Å². The summed E-state index contributed by atoms with van der Waals surface area (Å²) in [6.07, 6.45) is 3.20. The van der Waals surface area contributed by atoms with Crippen molar-refractivity contribution >= 4 is 5.95 Å². The first-order valence-electron chi connectivity index (χ1n) is 9.40. The van der Waals surface area contributed by atoms with Crippen LogP contribution in [0.1, 0.15) is 17.1 Å². The smallest absolute Gasteiger partial charge is 0.321 e. The first-order valence-corrected chi connectivity index (χ1v) is 9.40. The lowest BCUT2D eigenvalue weighted by Crippen LogP contribution is -2.32. The Morgan fingerprint density at radius 1 is 1.17 bits per heavy atom. The van der Waals surface area contributed by atoms with Crippen molar-refractivity contribution in [2.24, 2.45) is 0 Å². The third-order valence-electron chi connectivity index (χ3n) is 4.46. The first-order chi connectivity index (χ1) is 14.4. The fourth-order valence-corrected chi connectivity index (χ4v) is 2.96. The van der Waals surface area contributed by atoms with E-state index >= 15 is 0 Å². The number of hydrogen-bond acceptors (Lipinski definition) is 9. The molecular formula is C20H26N6O4. The number of aliphatic hydroxyl groups is 2. The molecule has 0 bridgehead atoms. The van der Waals surface area contributed by atoms with Crippen LogP contribution < -0.4 is 14.4 Å². The van der Waals surface area contributed by atoms with Crippen molar-refractivity contribution in [1.29, 1.82) is 0 Å². The van der Waals surface area contributed by atoms with Gasteiger partial charge in [0.05, 0.1) is 44.6 Å². The number of aromatic nitrogens is 5. The van der Waals surface area contributed by atoms with Crippen molar-refractivity contribution < 1.29 is 19.7 Å². The molecule has 0 saturated carbocycles. The minimum absolute atomic E-state index is 0.177. The fraction of sp³-hybridized carbons (Fsp3) is 0.400. The molecule has 0 radical (unpaired) electrons. The van der Waals surface area contributed by atoms with Crippen LogP contribution in [0.25, 0.3) is 5.69 Å². The van der Waals surface area contributed by atoms with Crippen molar-refractivity contribution in [1.82, 2.24) is 24.5 Å². The molecule has 160 valence electrons. The zero-order valence-corrected chi connectivity index (χ0v) is 17.5. The summed E-state index contributed by atoms with van der Waals surface area (Å²) >= 11 is 0. The van der Waals surface area contributed by atoms with Crippen molar-refractivity contribution in [3.63, 3.8) is 0 Å². The molecule has 0 aliphatic rings. The Balaban J connectivity index is 1.87. The highest BCUT2D eigenvalue weighted by molar-refractivity contribution is 5.49. The Morgan fingerprint density at radius 2 is 1.97 bits per heavy atom. The van der Waals surface area contributed by atoms with E-state index in [0.717, 1.165) is 16.9 Å². The van der Waals surface area contributed by atoms with Crippen LogP contribution in [0.2, 0.25) is 0 Å². The van der Waals surface area contributed by atoms with Crippen LogP contribution in [0, 0.1) is 6.92 Å². The second kappa shape index (κ2) is 9.51. The van der Waals surface area contributed by atoms with E-state index in [4.69, 9.17) is 14.6 Å². The summed E-state index contributed by atoms with van der Waals surface area (Å²) in [5.74, 6) is 1.56. The lowest BCUT2D eigenvalue weighted by atomic mass is 10.1. The van der Waals surface area contributed by atoms with Gasteiger partial charge in [0.15, 0.2) is 0 Å². The van der Waals surface area contributed by atoms with Crippen molar-refractivity contribution in [2.45, 2.75) is 19.4 Å². The molecule has 10 nitrogen and oxygen atoms in total. The van der Waals surface area contributed by atoms with Crippen molar-refractivity contribution in [3.05, 3.63) is 47.8 Å². The normalized spacial score (nSPS) is 11.9. The third kappa shape index (κ3) is 5.02. The Labute approximate surface area is 174 Å². The number of methoxy groups -OCH3 is 2. The van der Waals surface area contributed by atoms with Crippen LogP contribution in [0.4, 0.5) is 5.95 Å². The van der Waals surface area contributed by atoms with Gasteiger partial charge in [0, 0.05) is 26.2 Å². The van der Waals surface area contributed by atoms with Crippen molar-refractivity contribution in [3.8, 4) is 17.4 Å². The molecule has 10 heteroatoms. The Morgan fingerprint density at radius 3 is 2.60 bits per heavy atom. The lowest BCUT2D eigenvalue weighted by Gasteiger charge is -2.20. The average molecular weight is 414 g/mol. The van der Waals surface area contributed by atoms with Crippen LogP contribution >= 0.6 is 0 Å².